The molecule has 0 radical (unpaired) electrons. The van der Waals surface area contributed by atoms with E-state index in [0.29, 0.717) is 17.3 Å². The molecule has 5 heteroatoms. The number of hydrazine groups is 1. The summed E-state index contributed by atoms with van der Waals surface area (Å²) in [6.07, 6.45) is 3.39. The van der Waals surface area contributed by atoms with E-state index >= 15 is 0 Å². The normalized spacial score (nSPS) is 21.4. The third-order valence-electron chi connectivity index (χ3n) is 4.28. The van der Waals surface area contributed by atoms with Gasteiger partial charge in [0.05, 0.1) is 11.2 Å². The van der Waals surface area contributed by atoms with Crippen LogP contribution in [0.1, 0.15) is 36.7 Å². The Labute approximate surface area is 123 Å². The number of nitrogens with two attached hydrogens (primary N) is 1. The first-order valence-corrected chi connectivity index (χ1v) is 7.36. The lowest BCUT2D eigenvalue weighted by atomic mass is 10.1. The van der Waals surface area contributed by atoms with Crippen LogP contribution in [0.25, 0.3) is 10.9 Å². The highest BCUT2D eigenvalue weighted by atomic mass is 16.1. The van der Waals surface area contributed by atoms with Gasteiger partial charge in [0.15, 0.2) is 0 Å². The summed E-state index contributed by atoms with van der Waals surface area (Å²) in [5.41, 5.74) is 4.53. The third-order valence-corrected chi connectivity index (χ3v) is 4.28. The van der Waals surface area contributed by atoms with Crippen molar-refractivity contribution in [1.29, 1.82) is 0 Å². The maximum Gasteiger partial charge on any atom is 0.270 e. The molecule has 0 saturated heterocycles. The number of hydrogen-bond donors (Lipinski definition) is 3. The number of benzene rings is 1. The van der Waals surface area contributed by atoms with Gasteiger partial charge in [0.25, 0.3) is 5.91 Å². The van der Waals surface area contributed by atoms with Crippen LogP contribution >= 0.6 is 0 Å². The Morgan fingerprint density at radius 2 is 2.14 bits per heavy atom. The SMILES string of the molecule is CC1CCCC1NC(=O)c1cc(NN)c2ccccc2n1. The molecule has 3 rings (SSSR count). The second-order valence-corrected chi connectivity index (χ2v) is 5.70. The van der Waals surface area contributed by atoms with Crippen LogP contribution in [0.3, 0.4) is 0 Å². The zero-order valence-corrected chi connectivity index (χ0v) is 12.1. The summed E-state index contributed by atoms with van der Waals surface area (Å²) in [5.74, 6) is 5.96. The van der Waals surface area contributed by atoms with E-state index in [-0.39, 0.29) is 11.9 Å². The van der Waals surface area contributed by atoms with E-state index in [4.69, 9.17) is 5.84 Å². The minimum atomic E-state index is -0.129. The Kier molecular flexibility index (Phi) is 3.75. The zero-order valence-electron chi connectivity index (χ0n) is 12.1. The molecule has 110 valence electrons. The number of anilines is 1. The molecule has 4 N–H and O–H groups in total. The van der Waals surface area contributed by atoms with E-state index in [1.165, 1.54) is 12.8 Å². The lowest BCUT2D eigenvalue weighted by Gasteiger charge is -2.17. The smallest absolute Gasteiger partial charge is 0.270 e. The predicted octanol–water partition coefficient (Wildman–Crippen LogP) is 2.44. The highest BCUT2D eigenvalue weighted by Crippen LogP contribution is 2.26. The van der Waals surface area contributed by atoms with Crippen molar-refractivity contribution in [1.82, 2.24) is 10.3 Å². The fourth-order valence-electron chi connectivity index (χ4n) is 3.01. The molecule has 2 aromatic rings. The molecular formula is C16H20N4O. The number of nitrogen functional groups attached to an aromatic ring is 1. The molecule has 0 aliphatic heterocycles. The molecule has 0 bridgehead atoms. The van der Waals surface area contributed by atoms with Gasteiger partial charge in [-0.3, -0.25) is 10.6 Å². The molecule has 1 aromatic heterocycles. The van der Waals surface area contributed by atoms with Gasteiger partial charge in [0.2, 0.25) is 0 Å². The number of carbonyl (C=O) groups excluding carboxylic acids is 1. The Hall–Kier alpha value is -2.14. The van der Waals surface area contributed by atoms with Crippen LogP contribution in [-0.4, -0.2) is 16.9 Å². The van der Waals surface area contributed by atoms with E-state index in [9.17, 15) is 4.79 Å². The zero-order chi connectivity index (χ0) is 14.8. The van der Waals surface area contributed by atoms with Gasteiger partial charge in [0, 0.05) is 11.4 Å². The number of amides is 1. The number of rotatable bonds is 3. The van der Waals surface area contributed by atoms with Crippen molar-refractivity contribution < 1.29 is 4.79 Å². The average Bonchev–Trinajstić information content (AvgIpc) is 2.91. The summed E-state index contributed by atoms with van der Waals surface area (Å²) in [7, 11) is 0. The van der Waals surface area contributed by atoms with Crippen molar-refractivity contribution >= 4 is 22.5 Å². The molecule has 1 saturated carbocycles. The summed E-state index contributed by atoms with van der Waals surface area (Å²) in [6.45, 7) is 2.18. The van der Waals surface area contributed by atoms with Gasteiger partial charge in [-0.05, 0) is 30.9 Å². The Morgan fingerprint density at radius 3 is 2.86 bits per heavy atom. The minimum absolute atomic E-state index is 0.129. The van der Waals surface area contributed by atoms with Gasteiger partial charge in [-0.25, -0.2) is 4.98 Å². The maximum absolute atomic E-state index is 12.4. The molecule has 2 unspecified atom stereocenters. The number of nitrogens with zero attached hydrogens (tertiary/aromatic N) is 1. The fourth-order valence-corrected chi connectivity index (χ4v) is 3.01. The Morgan fingerprint density at radius 1 is 1.33 bits per heavy atom. The largest absolute Gasteiger partial charge is 0.348 e. The van der Waals surface area contributed by atoms with Crippen LogP contribution in [0.2, 0.25) is 0 Å². The monoisotopic (exact) mass is 284 g/mol. The minimum Gasteiger partial charge on any atom is -0.348 e. The number of nitrogens with one attached hydrogen (secondary N) is 2. The molecule has 1 aromatic carbocycles. The molecule has 1 amide bonds. The molecule has 1 heterocycles. The third kappa shape index (κ3) is 2.69. The highest BCUT2D eigenvalue weighted by molar-refractivity contribution is 5.99. The first-order valence-electron chi connectivity index (χ1n) is 7.36. The van der Waals surface area contributed by atoms with Crippen LogP contribution in [0.5, 0.6) is 0 Å². The second kappa shape index (κ2) is 5.69. The van der Waals surface area contributed by atoms with E-state index in [1.54, 1.807) is 6.07 Å². The van der Waals surface area contributed by atoms with Crippen molar-refractivity contribution in [3.05, 3.63) is 36.0 Å². The fraction of sp³-hybridized carbons (Fsp3) is 0.375. The van der Waals surface area contributed by atoms with Crippen LogP contribution < -0.4 is 16.6 Å². The summed E-state index contributed by atoms with van der Waals surface area (Å²) < 4.78 is 0. The van der Waals surface area contributed by atoms with Gasteiger partial charge in [0.1, 0.15) is 5.69 Å². The summed E-state index contributed by atoms with van der Waals surface area (Å²) in [5, 5.41) is 4.00. The molecule has 2 atom stereocenters. The number of pyridine rings is 1. The molecule has 21 heavy (non-hydrogen) atoms. The number of fused-ring (bicyclic) bond motifs is 1. The Bertz CT molecular complexity index is 670. The number of para-hydroxylation sites is 1. The molecule has 1 aliphatic rings. The van der Waals surface area contributed by atoms with Crippen molar-refractivity contribution in [2.45, 2.75) is 32.2 Å². The van der Waals surface area contributed by atoms with Crippen molar-refractivity contribution in [3.8, 4) is 0 Å². The number of hydrogen-bond acceptors (Lipinski definition) is 4. The van der Waals surface area contributed by atoms with Crippen LogP contribution in [0.15, 0.2) is 30.3 Å². The van der Waals surface area contributed by atoms with Gasteiger partial charge in [-0.1, -0.05) is 31.5 Å². The molecule has 0 spiro atoms. The van der Waals surface area contributed by atoms with Gasteiger partial charge >= 0.3 is 0 Å². The van der Waals surface area contributed by atoms with Gasteiger partial charge in [-0.15, -0.1) is 0 Å². The lowest BCUT2D eigenvalue weighted by Crippen LogP contribution is -2.36. The topological polar surface area (TPSA) is 80.0 Å². The quantitative estimate of drug-likeness (QED) is 0.597. The van der Waals surface area contributed by atoms with Crippen molar-refractivity contribution in [2.24, 2.45) is 11.8 Å². The average molecular weight is 284 g/mol. The summed E-state index contributed by atoms with van der Waals surface area (Å²) >= 11 is 0. The Balaban J connectivity index is 1.91. The van der Waals surface area contributed by atoms with E-state index in [0.717, 1.165) is 17.3 Å². The van der Waals surface area contributed by atoms with E-state index in [1.807, 2.05) is 24.3 Å². The lowest BCUT2D eigenvalue weighted by molar-refractivity contribution is 0.0925. The maximum atomic E-state index is 12.4. The summed E-state index contributed by atoms with van der Waals surface area (Å²) in [6, 6.07) is 9.59. The molecule has 1 fully saturated rings. The van der Waals surface area contributed by atoms with Gasteiger partial charge in [-0.2, -0.15) is 0 Å². The van der Waals surface area contributed by atoms with Crippen molar-refractivity contribution in [2.75, 3.05) is 5.43 Å². The first-order chi connectivity index (χ1) is 10.2. The molecule has 1 aliphatic carbocycles. The van der Waals surface area contributed by atoms with Crippen LogP contribution in [-0.2, 0) is 0 Å². The molecular weight excluding hydrogens is 264 g/mol. The van der Waals surface area contributed by atoms with E-state index < -0.39 is 0 Å². The van der Waals surface area contributed by atoms with Crippen molar-refractivity contribution in [3.63, 3.8) is 0 Å². The van der Waals surface area contributed by atoms with Gasteiger partial charge < -0.3 is 10.7 Å². The standard InChI is InChI=1S/C16H20N4O/c1-10-5-4-8-12(10)19-16(21)15-9-14(20-17)11-6-2-3-7-13(11)18-15/h2-3,6-7,9-10,12H,4-5,8,17H2,1H3,(H,18,20)(H,19,21). The van der Waals surface area contributed by atoms with Crippen LogP contribution in [0, 0.1) is 5.92 Å². The number of aromatic nitrogens is 1. The molecule has 5 nitrogen and oxygen atoms in total. The van der Waals surface area contributed by atoms with Crippen LogP contribution in [0.4, 0.5) is 5.69 Å². The van der Waals surface area contributed by atoms with E-state index in [2.05, 4.69) is 22.7 Å². The highest BCUT2D eigenvalue weighted by Gasteiger charge is 2.25. The predicted molar refractivity (Wildman–Crippen MR) is 83.8 cm³/mol. The number of carbonyl (C=O) groups is 1. The summed E-state index contributed by atoms with van der Waals surface area (Å²) in [4.78, 5) is 16.9. The first kappa shape index (κ1) is 13.8. The second-order valence-electron chi connectivity index (χ2n) is 5.70.